The summed E-state index contributed by atoms with van der Waals surface area (Å²) in [6.45, 7) is 1.81. The molecule has 0 saturated carbocycles. The summed E-state index contributed by atoms with van der Waals surface area (Å²) in [7, 11) is 1.48. The summed E-state index contributed by atoms with van der Waals surface area (Å²) in [4.78, 5) is 12.7. The molecule has 0 bridgehead atoms. The van der Waals surface area contributed by atoms with Crippen molar-refractivity contribution in [2.75, 3.05) is 12.4 Å². The van der Waals surface area contributed by atoms with E-state index in [1.807, 2.05) is 6.92 Å². The maximum absolute atomic E-state index is 12.3. The number of aryl methyl sites for hydroxylation is 1. The zero-order valence-electron chi connectivity index (χ0n) is 12.4. The average Bonchev–Trinajstić information content (AvgIpc) is 2.50. The van der Waals surface area contributed by atoms with Crippen LogP contribution in [0.2, 0.25) is 5.02 Å². The Bertz CT molecular complexity index is 708. The van der Waals surface area contributed by atoms with Crippen LogP contribution in [-0.4, -0.2) is 18.8 Å². The standard InChI is InChI=1S/C16H14ClF2NO2S/c1-9-7-13(14(22-2)8-12(9)17)20-15(21)10-3-5-11(6-4-10)23-16(18)19/h3-8,16H,1-2H3,(H,20,21). The van der Waals surface area contributed by atoms with Gasteiger partial charge < -0.3 is 10.1 Å². The first-order valence-electron chi connectivity index (χ1n) is 6.61. The number of carbonyl (C=O) groups is 1. The molecule has 0 unspecified atom stereocenters. The molecule has 0 fully saturated rings. The minimum atomic E-state index is -2.49. The van der Waals surface area contributed by atoms with Crippen LogP contribution in [0.25, 0.3) is 0 Å². The first-order valence-corrected chi connectivity index (χ1v) is 7.87. The number of nitrogens with one attached hydrogen (secondary N) is 1. The van der Waals surface area contributed by atoms with Crippen LogP contribution in [0.15, 0.2) is 41.3 Å². The molecule has 122 valence electrons. The van der Waals surface area contributed by atoms with Crippen molar-refractivity contribution < 1.29 is 18.3 Å². The number of amides is 1. The van der Waals surface area contributed by atoms with E-state index >= 15 is 0 Å². The predicted octanol–water partition coefficient (Wildman–Crippen LogP) is 5.22. The van der Waals surface area contributed by atoms with E-state index in [4.69, 9.17) is 16.3 Å². The maximum atomic E-state index is 12.3. The lowest BCUT2D eigenvalue weighted by Crippen LogP contribution is -2.12. The smallest absolute Gasteiger partial charge is 0.288 e. The number of hydrogen-bond donors (Lipinski definition) is 1. The van der Waals surface area contributed by atoms with Gasteiger partial charge in [-0.05, 0) is 42.8 Å². The zero-order chi connectivity index (χ0) is 17.0. The van der Waals surface area contributed by atoms with Crippen LogP contribution >= 0.6 is 23.4 Å². The fraction of sp³-hybridized carbons (Fsp3) is 0.188. The van der Waals surface area contributed by atoms with Crippen LogP contribution in [0.3, 0.4) is 0 Å². The largest absolute Gasteiger partial charge is 0.495 e. The highest BCUT2D eigenvalue weighted by molar-refractivity contribution is 7.99. The second kappa shape index (κ2) is 7.66. The molecule has 0 aromatic heterocycles. The fourth-order valence-electron chi connectivity index (χ4n) is 1.91. The molecule has 2 rings (SSSR count). The van der Waals surface area contributed by atoms with Gasteiger partial charge in [-0.3, -0.25) is 4.79 Å². The summed E-state index contributed by atoms with van der Waals surface area (Å²) in [6, 6.07) is 9.28. The maximum Gasteiger partial charge on any atom is 0.288 e. The van der Waals surface area contributed by atoms with E-state index < -0.39 is 5.76 Å². The Kier molecular flexibility index (Phi) is 5.85. The zero-order valence-corrected chi connectivity index (χ0v) is 14.0. The lowest BCUT2D eigenvalue weighted by Gasteiger charge is -2.12. The van der Waals surface area contributed by atoms with Gasteiger partial charge in [-0.1, -0.05) is 23.4 Å². The number of benzene rings is 2. The van der Waals surface area contributed by atoms with Crippen molar-refractivity contribution in [3.63, 3.8) is 0 Å². The number of rotatable bonds is 5. The van der Waals surface area contributed by atoms with E-state index in [1.54, 1.807) is 12.1 Å². The summed E-state index contributed by atoms with van der Waals surface area (Å²) in [5, 5.41) is 3.26. The Morgan fingerprint density at radius 1 is 1.26 bits per heavy atom. The number of hydrogen-bond acceptors (Lipinski definition) is 3. The first kappa shape index (κ1) is 17.6. The highest BCUT2D eigenvalue weighted by atomic mass is 35.5. The SMILES string of the molecule is COc1cc(Cl)c(C)cc1NC(=O)c1ccc(SC(F)F)cc1. The van der Waals surface area contributed by atoms with Crippen LogP contribution in [0.4, 0.5) is 14.5 Å². The van der Waals surface area contributed by atoms with Gasteiger partial charge in [-0.25, -0.2) is 0 Å². The van der Waals surface area contributed by atoms with Crippen LogP contribution in [0.1, 0.15) is 15.9 Å². The van der Waals surface area contributed by atoms with E-state index in [-0.39, 0.29) is 5.91 Å². The number of methoxy groups -OCH3 is 1. The lowest BCUT2D eigenvalue weighted by atomic mass is 10.1. The first-order chi connectivity index (χ1) is 10.9. The molecule has 2 aromatic rings. The van der Waals surface area contributed by atoms with Crippen molar-refractivity contribution in [3.05, 3.63) is 52.5 Å². The highest BCUT2D eigenvalue weighted by Gasteiger charge is 2.12. The van der Waals surface area contributed by atoms with Crippen molar-refractivity contribution in [2.45, 2.75) is 17.6 Å². The topological polar surface area (TPSA) is 38.3 Å². The normalized spacial score (nSPS) is 10.7. The highest BCUT2D eigenvalue weighted by Crippen LogP contribution is 2.31. The van der Waals surface area contributed by atoms with E-state index in [2.05, 4.69) is 5.32 Å². The van der Waals surface area contributed by atoms with Gasteiger partial charge in [0.15, 0.2) is 0 Å². The molecule has 0 aliphatic carbocycles. The van der Waals surface area contributed by atoms with Crippen LogP contribution in [-0.2, 0) is 0 Å². The third kappa shape index (κ3) is 4.59. The predicted molar refractivity (Wildman–Crippen MR) is 89.0 cm³/mol. The molecule has 0 atom stereocenters. The van der Waals surface area contributed by atoms with Gasteiger partial charge >= 0.3 is 0 Å². The van der Waals surface area contributed by atoms with Crippen molar-refractivity contribution >= 4 is 35.0 Å². The molecule has 0 aliphatic rings. The molecule has 1 N–H and O–H groups in total. The summed E-state index contributed by atoms with van der Waals surface area (Å²) in [6.07, 6.45) is 0. The van der Waals surface area contributed by atoms with E-state index in [0.717, 1.165) is 5.56 Å². The average molecular weight is 358 g/mol. The molecule has 2 aromatic carbocycles. The van der Waals surface area contributed by atoms with Gasteiger partial charge in [-0.15, -0.1) is 0 Å². The molecule has 0 saturated heterocycles. The van der Waals surface area contributed by atoms with Gasteiger partial charge in [0.1, 0.15) is 5.75 Å². The third-order valence-electron chi connectivity index (χ3n) is 3.07. The third-order valence-corrected chi connectivity index (χ3v) is 4.20. The number of thioether (sulfide) groups is 1. The Morgan fingerprint density at radius 3 is 2.48 bits per heavy atom. The van der Waals surface area contributed by atoms with Crippen molar-refractivity contribution in [3.8, 4) is 5.75 Å². The lowest BCUT2D eigenvalue weighted by molar-refractivity contribution is 0.102. The Labute approximate surface area is 142 Å². The van der Waals surface area contributed by atoms with Crippen LogP contribution in [0.5, 0.6) is 5.75 Å². The molecule has 7 heteroatoms. The molecule has 0 radical (unpaired) electrons. The Morgan fingerprint density at radius 2 is 1.91 bits per heavy atom. The molecular weight excluding hydrogens is 344 g/mol. The summed E-state index contributed by atoms with van der Waals surface area (Å²) < 4.78 is 29.8. The van der Waals surface area contributed by atoms with Crippen molar-refractivity contribution in [1.82, 2.24) is 0 Å². The molecule has 23 heavy (non-hydrogen) atoms. The number of alkyl halides is 2. The van der Waals surface area contributed by atoms with Gasteiger partial charge in [0, 0.05) is 21.5 Å². The monoisotopic (exact) mass is 357 g/mol. The van der Waals surface area contributed by atoms with E-state index in [1.165, 1.54) is 31.4 Å². The van der Waals surface area contributed by atoms with Crippen molar-refractivity contribution in [1.29, 1.82) is 0 Å². The van der Waals surface area contributed by atoms with Crippen LogP contribution in [0, 0.1) is 6.92 Å². The molecule has 0 aliphatic heterocycles. The van der Waals surface area contributed by atoms with Gasteiger partial charge in [0.05, 0.1) is 12.8 Å². The quantitative estimate of drug-likeness (QED) is 0.745. The molecule has 1 amide bonds. The van der Waals surface area contributed by atoms with E-state index in [9.17, 15) is 13.6 Å². The minimum absolute atomic E-state index is 0.360. The molecule has 3 nitrogen and oxygen atoms in total. The van der Waals surface area contributed by atoms with Crippen molar-refractivity contribution in [2.24, 2.45) is 0 Å². The summed E-state index contributed by atoms with van der Waals surface area (Å²) in [5.74, 6) is -2.41. The minimum Gasteiger partial charge on any atom is -0.495 e. The molecule has 0 heterocycles. The van der Waals surface area contributed by atoms with Gasteiger partial charge in [-0.2, -0.15) is 8.78 Å². The Hall–Kier alpha value is -1.79. The van der Waals surface area contributed by atoms with E-state index in [0.29, 0.717) is 38.7 Å². The molecular formula is C16H14ClF2NO2S. The van der Waals surface area contributed by atoms with Crippen LogP contribution < -0.4 is 10.1 Å². The number of ether oxygens (including phenoxy) is 1. The fourth-order valence-corrected chi connectivity index (χ4v) is 2.56. The Balaban J connectivity index is 2.17. The summed E-state index contributed by atoms with van der Waals surface area (Å²) >= 11 is 6.45. The summed E-state index contributed by atoms with van der Waals surface area (Å²) in [5.41, 5.74) is 1.65. The molecule has 0 spiro atoms. The number of carbonyl (C=O) groups excluding carboxylic acids is 1. The number of anilines is 1. The van der Waals surface area contributed by atoms with Gasteiger partial charge in [0.25, 0.3) is 11.7 Å². The van der Waals surface area contributed by atoms with Gasteiger partial charge in [0.2, 0.25) is 0 Å². The second-order valence-corrected chi connectivity index (χ2v) is 6.13. The second-order valence-electron chi connectivity index (χ2n) is 4.66. The number of halogens is 3.